The SMILES string of the molecule is CC(C)CCN(C(=O)c1sccc1C#CCCO)C1CC1. The van der Waals surface area contributed by atoms with Gasteiger partial charge in [0.1, 0.15) is 4.88 Å². The number of aliphatic hydroxyl groups is 1. The lowest BCUT2D eigenvalue weighted by Gasteiger charge is -2.23. The van der Waals surface area contributed by atoms with Crippen molar-refractivity contribution in [3.05, 3.63) is 21.9 Å². The van der Waals surface area contributed by atoms with Crippen LogP contribution in [0.1, 0.15) is 54.8 Å². The number of aliphatic hydroxyl groups excluding tert-OH is 1. The van der Waals surface area contributed by atoms with E-state index in [4.69, 9.17) is 5.11 Å². The van der Waals surface area contributed by atoms with E-state index in [2.05, 4.69) is 25.7 Å². The summed E-state index contributed by atoms with van der Waals surface area (Å²) in [6, 6.07) is 2.33. The molecule has 1 saturated carbocycles. The first-order valence-corrected chi connectivity index (χ1v) is 8.49. The Hall–Kier alpha value is -1.31. The van der Waals surface area contributed by atoms with E-state index in [-0.39, 0.29) is 12.5 Å². The highest BCUT2D eigenvalue weighted by Crippen LogP contribution is 2.30. The summed E-state index contributed by atoms with van der Waals surface area (Å²) in [5, 5.41) is 10.7. The molecule has 1 amide bonds. The number of rotatable bonds is 6. The molecule has 0 aromatic carbocycles. The van der Waals surface area contributed by atoms with Gasteiger partial charge in [-0.3, -0.25) is 4.79 Å². The van der Waals surface area contributed by atoms with E-state index >= 15 is 0 Å². The summed E-state index contributed by atoms with van der Waals surface area (Å²) in [6.45, 7) is 5.27. The summed E-state index contributed by atoms with van der Waals surface area (Å²) in [7, 11) is 0. The first kappa shape index (κ1) is 16.1. The van der Waals surface area contributed by atoms with E-state index in [1.165, 1.54) is 11.3 Å². The largest absolute Gasteiger partial charge is 0.395 e. The normalized spacial score (nSPS) is 13.9. The molecule has 21 heavy (non-hydrogen) atoms. The van der Waals surface area contributed by atoms with Gasteiger partial charge in [-0.2, -0.15) is 0 Å². The third kappa shape index (κ3) is 4.59. The van der Waals surface area contributed by atoms with Crippen molar-refractivity contribution in [2.45, 2.75) is 45.6 Å². The van der Waals surface area contributed by atoms with Crippen LogP contribution in [0.2, 0.25) is 0 Å². The van der Waals surface area contributed by atoms with Crippen LogP contribution in [-0.2, 0) is 0 Å². The third-order valence-corrected chi connectivity index (χ3v) is 4.42. The minimum atomic E-state index is 0.0585. The Kier molecular flexibility index (Phi) is 5.84. The number of carbonyl (C=O) groups is 1. The van der Waals surface area contributed by atoms with Gasteiger partial charge >= 0.3 is 0 Å². The smallest absolute Gasteiger partial charge is 0.265 e. The highest BCUT2D eigenvalue weighted by atomic mass is 32.1. The van der Waals surface area contributed by atoms with Gasteiger partial charge in [0.05, 0.1) is 6.61 Å². The molecule has 1 aromatic rings. The van der Waals surface area contributed by atoms with Gasteiger partial charge in [-0.05, 0) is 36.6 Å². The molecule has 0 bridgehead atoms. The molecular weight excluding hydrogens is 282 g/mol. The van der Waals surface area contributed by atoms with E-state index in [1.807, 2.05) is 16.3 Å². The van der Waals surface area contributed by atoms with Crippen LogP contribution in [-0.4, -0.2) is 35.1 Å². The fourth-order valence-corrected chi connectivity index (χ4v) is 2.96. The third-order valence-electron chi connectivity index (χ3n) is 3.52. The first-order valence-electron chi connectivity index (χ1n) is 7.61. The number of thiophene rings is 1. The van der Waals surface area contributed by atoms with Crippen LogP contribution in [0, 0.1) is 17.8 Å². The highest BCUT2D eigenvalue weighted by molar-refractivity contribution is 7.12. The summed E-state index contributed by atoms with van der Waals surface area (Å²) >= 11 is 1.47. The zero-order chi connectivity index (χ0) is 15.2. The van der Waals surface area contributed by atoms with Gasteiger partial charge in [0.15, 0.2) is 0 Å². The van der Waals surface area contributed by atoms with Crippen molar-refractivity contribution in [2.24, 2.45) is 5.92 Å². The van der Waals surface area contributed by atoms with Crippen molar-refractivity contribution < 1.29 is 9.90 Å². The predicted octanol–water partition coefficient (Wildman–Crippen LogP) is 3.13. The Morgan fingerprint density at radius 1 is 1.52 bits per heavy atom. The van der Waals surface area contributed by atoms with Crippen LogP contribution in [0.5, 0.6) is 0 Å². The lowest BCUT2D eigenvalue weighted by Crippen LogP contribution is -2.34. The molecule has 0 spiro atoms. The Labute approximate surface area is 131 Å². The van der Waals surface area contributed by atoms with E-state index in [1.54, 1.807) is 0 Å². The van der Waals surface area contributed by atoms with Crippen LogP contribution >= 0.6 is 11.3 Å². The van der Waals surface area contributed by atoms with Gasteiger partial charge < -0.3 is 10.0 Å². The summed E-state index contributed by atoms with van der Waals surface area (Å²) < 4.78 is 0. The topological polar surface area (TPSA) is 40.5 Å². The minimum Gasteiger partial charge on any atom is -0.395 e. The van der Waals surface area contributed by atoms with Crippen LogP contribution < -0.4 is 0 Å². The monoisotopic (exact) mass is 305 g/mol. The number of nitrogens with zero attached hydrogens (tertiary/aromatic N) is 1. The van der Waals surface area contributed by atoms with Crippen molar-refractivity contribution in [1.29, 1.82) is 0 Å². The summed E-state index contributed by atoms with van der Waals surface area (Å²) in [5.41, 5.74) is 0.800. The second-order valence-corrected chi connectivity index (χ2v) is 6.77. The molecule has 1 aliphatic carbocycles. The Balaban J connectivity index is 2.10. The number of hydrogen-bond acceptors (Lipinski definition) is 3. The summed E-state index contributed by atoms with van der Waals surface area (Å²) in [4.78, 5) is 15.5. The molecule has 1 fully saturated rings. The maximum atomic E-state index is 12.8. The van der Waals surface area contributed by atoms with Crippen LogP contribution in [0.4, 0.5) is 0 Å². The zero-order valence-corrected chi connectivity index (χ0v) is 13.6. The van der Waals surface area contributed by atoms with Gasteiger partial charge in [0.2, 0.25) is 0 Å². The molecule has 1 heterocycles. The quantitative estimate of drug-likeness (QED) is 0.820. The molecule has 4 heteroatoms. The van der Waals surface area contributed by atoms with Gasteiger partial charge in [0.25, 0.3) is 5.91 Å². The Morgan fingerprint density at radius 3 is 2.90 bits per heavy atom. The van der Waals surface area contributed by atoms with Crippen molar-refractivity contribution in [2.75, 3.05) is 13.2 Å². The molecule has 3 nitrogen and oxygen atoms in total. The lowest BCUT2D eigenvalue weighted by atomic mass is 10.1. The molecule has 114 valence electrons. The van der Waals surface area contributed by atoms with Crippen molar-refractivity contribution >= 4 is 17.2 Å². The molecule has 0 unspecified atom stereocenters. The van der Waals surface area contributed by atoms with Crippen LogP contribution in [0.25, 0.3) is 0 Å². The van der Waals surface area contributed by atoms with E-state index in [9.17, 15) is 4.79 Å². The number of amides is 1. The molecular formula is C17H23NO2S. The Morgan fingerprint density at radius 2 is 2.29 bits per heavy atom. The van der Waals surface area contributed by atoms with E-state index < -0.39 is 0 Å². The maximum absolute atomic E-state index is 12.8. The predicted molar refractivity (Wildman–Crippen MR) is 86.4 cm³/mol. The molecule has 1 N–H and O–H groups in total. The summed E-state index contributed by atoms with van der Waals surface area (Å²) in [5.74, 6) is 6.64. The number of carbonyl (C=O) groups excluding carboxylic acids is 1. The molecule has 1 aromatic heterocycles. The van der Waals surface area contributed by atoms with Crippen LogP contribution in [0.3, 0.4) is 0 Å². The van der Waals surface area contributed by atoms with E-state index in [0.29, 0.717) is 18.4 Å². The fourth-order valence-electron chi connectivity index (χ4n) is 2.15. The first-order chi connectivity index (χ1) is 10.1. The summed E-state index contributed by atoms with van der Waals surface area (Å²) in [6.07, 6.45) is 3.74. The number of hydrogen-bond donors (Lipinski definition) is 1. The second kappa shape index (κ2) is 7.63. The van der Waals surface area contributed by atoms with Crippen LogP contribution in [0.15, 0.2) is 11.4 Å². The average Bonchev–Trinajstić information content (AvgIpc) is 3.17. The maximum Gasteiger partial charge on any atom is 0.265 e. The molecule has 2 rings (SSSR count). The van der Waals surface area contributed by atoms with Crippen molar-refractivity contribution in [3.63, 3.8) is 0 Å². The van der Waals surface area contributed by atoms with Gasteiger partial charge in [-0.25, -0.2) is 0 Å². The zero-order valence-electron chi connectivity index (χ0n) is 12.8. The van der Waals surface area contributed by atoms with Crippen molar-refractivity contribution in [1.82, 2.24) is 4.90 Å². The average molecular weight is 305 g/mol. The molecule has 1 aliphatic rings. The van der Waals surface area contributed by atoms with Gasteiger partial charge in [-0.15, -0.1) is 11.3 Å². The molecule has 0 aliphatic heterocycles. The van der Waals surface area contributed by atoms with E-state index in [0.717, 1.165) is 36.2 Å². The Bertz CT molecular complexity index is 534. The minimum absolute atomic E-state index is 0.0585. The second-order valence-electron chi connectivity index (χ2n) is 5.85. The van der Waals surface area contributed by atoms with Gasteiger partial charge in [0, 0.05) is 24.6 Å². The standard InChI is InChI=1S/C17H23NO2S/c1-13(2)8-10-18(15-6-7-15)17(20)16-14(9-12-21-16)5-3-4-11-19/h9,12-13,15,19H,4,6-8,10-11H2,1-2H3. The highest BCUT2D eigenvalue weighted by Gasteiger charge is 2.33. The van der Waals surface area contributed by atoms with Crippen molar-refractivity contribution in [3.8, 4) is 11.8 Å². The lowest BCUT2D eigenvalue weighted by molar-refractivity contribution is 0.0740. The fraction of sp³-hybridized carbons (Fsp3) is 0.588. The molecule has 0 radical (unpaired) electrons. The van der Waals surface area contributed by atoms with Gasteiger partial charge in [-0.1, -0.05) is 25.7 Å². The molecule has 0 atom stereocenters. The molecule has 0 saturated heterocycles.